The van der Waals surface area contributed by atoms with Crippen molar-refractivity contribution in [2.75, 3.05) is 5.75 Å². The number of aromatic nitrogens is 2. The lowest BCUT2D eigenvalue weighted by Crippen LogP contribution is -2.31. The number of nitrogens with zero attached hydrogens (tertiary/aromatic N) is 1. The molecule has 0 aromatic carbocycles. The molecule has 2 rings (SSSR count). The third-order valence-electron chi connectivity index (χ3n) is 2.62. The smallest absolute Gasteiger partial charge is 0.267 e. The van der Waals surface area contributed by atoms with E-state index in [1.165, 1.54) is 17.4 Å². The Hall–Kier alpha value is -1.93. The van der Waals surface area contributed by atoms with Gasteiger partial charge in [-0.2, -0.15) is 0 Å². The van der Waals surface area contributed by atoms with E-state index >= 15 is 0 Å². The lowest BCUT2D eigenvalue weighted by atomic mass is 10.2. The molecule has 0 spiro atoms. The molecule has 0 unspecified atom stereocenters. The van der Waals surface area contributed by atoms with Crippen molar-refractivity contribution < 1.29 is 9.59 Å². The molecule has 2 aromatic heterocycles. The Labute approximate surface area is 135 Å². The molecule has 0 aliphatic rings. The molecule has 8 heteroatoms. The largest absolute Gasteiger partial charge is 0.301 e. The van der Waals surface area contributed by atoms with Gasteiger partial charge in [-0.1, -0.05) is 31.2 Å². The highest BCUT2D eigenvalue weighted by atomic mass is 32.2. The zero-order valence-electron chi connectivity index (χ0n) is 11.9. The molecule has 0 radical (unpaired) electrons. The van der Waals surface area contributed by atoms with E-state index in [4.69, 9.17) is 0 Å². The summed E-state index contributed by atoms with van der Waals surface area (Å²) in [6.45, 7) is 2.00. The van der Waals surface area contributed by atoms with Gasteiger partial charge in [-0.3, -0.25) is 19.7 Å². The lowest BCUT2D eigenvalue weighted by molar-refractivity contribution is -0.117. The minimum Gasteiger partial charge on any atom is -0.301 e. The fourth-order valence-electron chi connectivity index (χ4n) is 1.70. The van der Waals surface area contributed by atoms with E-state index < -0.39 is 11.8 Å². The number of H-pyrrole nitrogens is 1. The first-order valence-electron chi connectivity index (χ1n) is 6.69. The van der Waals surface area contributed by atoms with Crippen molar-refractivity contribution in [3.05, 3.63) is 44.5 Å². The number of thiophene rings is 1. The minimum absolute atomic E-state index is 0.00956. The Kier molecular flexibility index (Phi) is 5.91. The zero-order valence-corrected chi connectivity index (χ0v) is 13.6. The Balaban J connectivity index is 1.91. The number of nitrogens with one attached hydrogen (secondary N) is 2. The molecule has 2 aromatic rings. The molecule has 22 heavy (non-hydrogen) atoms. The van der Waals surface area contributed by atoms with Crippen LogP contribution in [0.15, 0.2) is 33.5 Å². The van der Waals surface area contributed by atoms with E-state index in [1.54, 1.807) is 17.5 Å². The van der Waals surface area contributed by atoms with Crippen LogP contribution in [0, 0.1) is 0 Å². The quantitative estimate of drug-likeness (QED) is 0.620. The van der Waals surface area contributed by atoms with Crippen molar-refractivity contribution in [1.82, 2.24) is 15.3 Å². The Bertz CT molecular complexity index is 710. The summed E-state index contributed by atoms with van der Waals surface area (Å²) in [6.07, 6.45) is 1.59. The summed E-state index contributed by atoms with van der Waals surface area (Å²) in [4.78, 5) is 42.3. The molecule has 116 valence electrons. The number of amides is 2. The van der Waals surface area contributed by atoms with Gasteiger partial charge in [0.2, 0.25) is 5.91 Å². The van der Waals surface area contributed by atoms with Crippen molar-refractivity contribution >= 4 is 34.9 Å². The van der Waals surface area contributed by atoms with Gasteiger partial charge < -0.3 is 4.98 Å². The SMILES string of the molecule is CCCc1cc(=O)[nH]c(SCC(=O)NC(=O)c2cccs2)n1. The van der Waals surface area contributed by atoms with Gasteiger partial charge in [-0.25, -0.2) is 4.98 Å². The third-order valence-corrected chi connectivity index (χ3v) is 4.36. The monoisotopic (exact) mass is 337 g/mol. The van der Waals surface area contributed by atoms with Gasteiger partial charge in [0.1, 0.15) is 0 Å². The number of hydrogen-bond donors (Lipinski definition) is 2. The van der Waals surface area contributed by atoms with E-state index in [-0.39, 0.29) is 11.3 Å². The van der Waals surface area contributed by atoms with Crippen LogP contribution < -0.4 is 10.9 Å². The van der Waals surface area contributed by atoms with Crippen molar-refractivity contribution in [2.45, 2.75) is 24.9 Å². The summed E-state index contributed by atoms with van der Waals surface area (Å²) < 4.78 is 0. The number of hydrogen-bond acceptors (Lipinski definition) is 6. The van der Waals surface area contributed by atoms with Crippen LogP contribution in [0.3, 0.4) is 0 Å². The van der Waals surface area contributed by atoms with E-state index in [9.17, 15) is 14.4 Å². The number of aryl methyl sites for hydroxylation is 1. The molecule has 2 N–H and O–H groups in total. The minimum atomic E-state index is -0.424. The maximum Gasteiger partial charge on any atom is 0.267 e. The van der Waals surface area contributed by atoms with Gasteiger partial charge in [-0.05, 0) is 17.9 Å². The summed E-state index contributed by atoms with van der Waals surface area (Å²) in [7, 11) is 0. The van der Waals surface area contributed by atoms with Crippen molar-refractivity contribution in [1.29, 1.82) is 0 Å². The predicted molar refractivity (Wildman–Crippen MR) is 86.4 cm³/mol. The van der Waals surface area contributed by atoms with Crippen LogP contribution in [-0.4, -0.2) is 27.5 Å². The molecule has 0 saturated heterocycles. The van der Waals surface area contributed by atoms with Crippen molar-refractivity contribution in [3.8, 4) is 0 Å². The standard InChI is InChI=1S/C14H15N3O3S2/c1-2-4-9-7-11(18)17-14(15-9)22-8-12(19)16-13(20)10-5-3-6-21-10/h3,5-7H,2,4,8H2,1H3,(H,15,17,18)(H,16,19,20). The molecule has 2 heterocycles. The average Bonchev–Trinajstić information content (AvgIpc) is 2.99. The van der Waals surface area contributed by atoms with Gasteiger partial charge in [-0.15, -0.1) is 11.3 Å². The highest BCUT2D eigenvalue weighted by Gasteiger charge is 2.12. The fourth-order valence-corrected chi connectivity index (χ4v) is 3.02. The second-order valence-electron chi connectivity index (χ2n) is 4.44. The Morgan fingerprint density at radius 1 is 1.45 bits per heavy atom. The van der Waals surface area contributed by atoms with E-state index in [0.717, 1.165) is 18.2 Å². The third kappa shape index (κ3) is 4.81. The summed E-state index contributed by atoms with van der Waals surface area (Å²) in [5.74, 6) is -0.830. The number of carbonyl (C=O) groups excluding carboxylic acids is 2. The first-order valence-corrected chi connectivity index (χ1v) is 8.55. The van der Waals surface area contributed by atoms with E-state index in [2.05, 4.69) is 15.3 Å². The van der Waals surface area contributed by atoms with Gasteiger partial charge >= 0.3 is 0 Å². The zero-order chi connectivity index (χ0) is 15.9. The van der Waals surface area contributed by atoms with Gasteiger partial charge in [0.05, 0.1) is 10.6 Å². The number of thioether (sulfide) groups is 1. The van der Waals surface area contributed by atoms with Crippen LogP contribution in [0.4, 0.5) is 0 Å². The molecule has 2 amide bonds. The molecule has 0 bridgehead atoms. The van der Waals surface area contributed by atoms with Crippen LogP contribution >= 0.6 is 23.1 Å². The maximum atomic E-state index is 11.7. The van der Waals surface area contributed by atoms with Crippen LogP contribution in [0.25, 0.3) is 0 Å². The second-order valence-corrected chi connectivity index (χ2v) is 6.35. The Morgan fingerprint density at radius 2 is 2.27 bits per heavy atom. The number of rotatable bonds is 6. The van der Waals surface area contributed by atoms with Gasteiger partial charge in [0, 0.05) is 11.8 Å². The first-order chi connectivity index (χ1) is 10.6. The molecule has 0 saturated carbocycles. The molecule has 6 nitrogen and oxygen atoms in total. The summed E-state index contributed by atoms with van der Waals surface area (Å²) in [6, 6.07) is 4.84. The number of carbonyl (C=O) groups is 2. The summed E-state index contributed by atoms with van der Waals surface area (Å²) in [5, 5.41) is 4.45. The average molecular weight is 337 g/mol. The number of imide groups is 1. The topological polar surface area (TPSA) is 91.9 Å². The van der Waals surface area contributed by atoms with Crippen LogP contribution in [0.1, 0.15) is 28.7 Å². The predicted octanol–water partition coefficient (Wildman–Crippen LogP) is 1.83. The van der Waals surface area contributed by atoms with Crippen molar-refractivity contribution in [2.24, 2.45) is 0 Å². The molecule has 0 aliphatic carbocycles. The summed E-state index contributed by atoms with van der Waals surface area (Å²) in [5.41, 5.74) is 0.458. The van der Waals surface area contributed by atoms with Crippen LogP contribution in [-0.2, 0) is 11.2 Å². The summed E-state index contributed by atoms with van der Waals surface area (Å²) >= 11 is 2.36. The molecule has 0 aliphatic heterocycles. The lowest BCUT2D eigenvalue weighted by Gasteiger charge is -2.04. The van der Waals surface area contributed by atoms with E-state index in [1.807, 2.05) is 6.92 Å². The van der Waals surface area contributed by atoms with Gasteiger partial charge in [0.15, 0.2) is 5.16 Å². The fraction of sp³-hybridized carbons (Fsp3) is 0.286. The molecule has 0 fully saturated rings. The highest BCUT2D eigenvalue weighted by Crippen LogP contribution is 2.12. The Morgan fingerprint density at radius 3 is 2.95 bits per heavy atom. The normalized spacial score (nSPS) is 10.4. The maximum absolute atomic E-state index is 11.7. The van der Waals surface area contributed by atoms with Crippen LogP contribution in [0.5, 0.6) is 0 Å². The molecule has 0 atom stereocenters. The molecular formula is C14H15N3O3S2. The second kappa shape index (κ2) is 7.90. The first kappa shape index (κ1) is 16.4. The highest BCUT2D eigenvalue weighted by molar-refractivity contribution is 7.99. The number of aromatic amines is 1. The van der Waals surface area contributed by atoms with Crippen molar-refractivity contribution in [3.63, 3.8) is 0 Å². The van der Waals surface area contributed by atoms with Gasteiger partial charge in [0.25, 0.3) is 11.5 Å². The van der Waals surface area contributed by atoms with Crippen LogP contribution in [0.2, 0.25) is 0 Å². The van der Waals surface area contributed by atoms with E-state index in [0.29, 0.717) is 22.1 Å². The molecular weight excluding hydrogens is 322 g/mol.